The average molecular weight is 407 g/mol. The number of carbonyl (C=O) groups is 1. The Balaban J connectivity index is 1.72. The molecule has 0 spiro atoms. The number of benzene rings is 1. The molecular formula is C18H23ClN6O3. The zero-order valence-corrected chi connectivity index (χ0v) is 16.3. The number of anilines is 3. The lowest BCUT2D eigenvalue weighted by Gasteiger charge is -2.31. The van der Waals surface area contributed by atoms with Gasteiger partial charge in [-0.3, -0.25) is 10.0 Å². The van der Waals surface area contributed by atoms with E-state index in [0.29, 0.717) is 43.2 Å². The van der Waals surface area contributed by atoms with Gasteiger partial charge in [0.25, 0.3) is 5.95 Å². The predicted molar refractivity (Wildman–Crippen MR) is 106 cm³/mol. The van der Waals surface area contributed by atoms with E-state index in [2.05, 4.69) is 20.3 Å². The van der Waals surface area contributed by atoms with E-state index in [4.69, 9.17) is 16.3 Å². The summed E-state index contributed by atoms with van der Waals surface area (Å²) in [5.74, 6) is 0.306. The van der Waals surface area contributed by atoms with E-state index < -0.39 is 0 Å². The summed E-state index contributed by atoms with van der Waals surface area (Å²) in [6.45, 7) is 3.81. The maximum Gasteiger partial charge on any atom is 0.310 e. The highest BCUT2D eigenvalue weighted by Crippen LogP contribution is 2.23. The first kappa shape index (κ1) is 20.1. The van der Waals surface area contributed by atoms with Gasteiger partial charge < -0.3 is 15.0 Å². The molecule has 0 bridgehead atoms. The van der Waals surface area contributed by atoms with Gasteiger partial charge in [0.1, 0.15) is 0 Å². The van der Waals surface area contributed by atoms with Crippen molar-refractivity contribution in [3.8, 4) is 0 Å². The summed E-state index contributed by atoms with van der Waals surface area (Å²) in [5.41, 5.74) is 2.97. The predicted octanol–water partition coefficient (Wildman–Crippen LogP) is 2.72. The number of nitrogens with one attached hydrogen (secondary N) is 2. The van der Waals surface area contributed by atoms with Gasteiger partial charge in [-0.1, -0.05) is 23.7 Å². The molecule has 2 heterocycles. The number of piperidine rings is 1. The van der Waals surface area contributed by atoms with Crippen LogP contribution in [-0.4, -0.2) is 45.8 Å². The monoisotopic (exact) mass is 406 g/mol. The first-order valence-corrected chi connectivity index (χ1v) is 9.53. The Morgan fingerprint density at radius 3 is 2.75 bits per heavy atom. The van der Waals surface area contributed by atoms with Crippen LogP contribution in [0.5, 0.6) is 0 Å². The Bertz CT molecular complexity index is 804. The van der Waals surface area contributed by atoms with Crippen LogP contribution < -0.4 is 15.7 Å². The quantitative estimate of drug-likeness (QED) is 0.471. The molecule has 150 valence electrons. The molecule has 10 heteroatoms. The Labute approximate surface area is 168 Å². The van der Waals surface area contributed by atoms with Crippen LogP contribution >= 0.6 is 11.6 Å². The van der Waals surface area contributed by atoms with E-state index in [1.165, 1.54) is 0 Å². The highest BCUT2D eigenvalue weighted by atomic mass is 35.5. The van der Waals surface area contributed by atoms with Gasteiger partial charge in [0.2, 0.25) is 11.9 Å². The summed E-state index contributed by atoms with van der Waals surface area (Å²) in [6, 6.07) is 7.41. The Kier molecular flexibility index (Phi) is 6.83. The molecule has 3 rings (SSSR count). The van der Waals surface area contributed by atoms with E-state index in [1.807, 2.05) is 22.5 Å². The molecule has 2 aromatic rings. The second-order valence-corrected chi connectivity index (χ2v) is 6.85. The van der Waals surface area contributed by atoms with Crippen molar-refractivity contribution in [3.05, 3.63) is 34.9 Å². The average Bonchev–Trinajstić information content (AvgIpc) is 2.73. The Morgan fingerprint density at radius 2 is 2.04 bits per heavy atom. The molecule has 9 nitrogen and oxygen atoms in total. The van der Waals surface area contributed by atoms with Crippen LogP contribution in [0.15, 0.2) is 24.3 Å². The highest BCUT2D eigenvalue weighted by molar-refractivity contribution is 6.30. The standard InChI is InChI=1S/C18H23ClN6O3/c1-2-28-15(26)13-4-3-9-25(11-13)18-22-16(21-17(23-18)24-27)20-10-12-5-7-14(19)8-6-12/h5-8,13,27H,2-4,9-11H2,1H3,(H2,20,21,22,23,24). The SMILES string of the molecule is CCOC(=O)C1CCCN(c2nc(NO)nc(NCc3ccc(Cl)cc3)n2)C1. The van der Waals surface area contributed by atoms with E-state index in [1.54, 1.807) is 19.1 Å². The fraction of sp³-hybridized carbons (Fsp3) is 0.444. The minimum atomic E-state index is -0.221. The van der Waals surface area contributed by atoms with Crippen molar-refractivity contribution in [2.75, 3.05) is 35.4 Å². The van der Waals surface area contributed by atoms with E-state index >= 15 is 0 Å². The molecule has 1 aromatic carbocycles. The Hall–Kier alpha value is -2.65. The third-order valence-electron chi connectivity index (χ3n) is 4.41. The van der Waals surface area contributed by atoms with Gasteiger partial charge in [0.15, 0.2) is 0 Å². The minimum absolute atomic E-state index is 0.0295. The molecule has 0 amide bonds. The topological polar surface area (TPSA) is 112 Å². The van der Waals surface area contributed by atoms with Gasteiger partial charge >= 0.3 is 5.97 Å². The molecule has 1 aliphatic rings. The maximum absolute atomic E-state index is 12.1. The summed E-state index contributed by atoms with van der Waals surface area (Å²) in [5, 5.41) is 13.1. The molecule has 28 heavy (non-hydrogen) atoms. The zero-order chi connectivity index (χ0) is 19.9. The number of esters is 1. The van der Waals surface area contributed by atoms with Crippen molar-refractivity contribution in [3.63, 3.8) is 0 Å². The number of carbonyl (C=O) groups excluding carboxylic acids is 1. The third-order valence-corrected chi connectivity index (χ3v) is 4.66. The zero-order valence-electron chi connectivity index (χ0n) is 15.6. The van der Waals surface area contributed by atoms with Crippen molar-refractivity contribution >= 4 is 35.4 Å². The molecule has 1 fully saturated rings. The van der Waals surface area contributed by atoms with Crippen LogP contribution in [0.3, 0.4) is 0 Å². The molecule has 1 unspecified atom stereocenters. The molecule has 0 radical (unpaired) electrons. The molecule has 1 aromatic heterocycles. The van der Waals surface area contributed by atoms with Crippen LogP contribution in [0.4, 0.5) is 17.8 Å². The lowest BCUT2D eigenvalue weighted by molar-refractivity contribution is -0.148. The van der Waals surface area contributed by atoms with Gasteiger partial charge in [-0.2, -0.15) is 15.0 Å². The first-order chi connectivity index (χ1) is 13.6. The molecule has 3 N–H and O–H groups in total. The second kappa shape index (κ2) is 9.52. The van der Waals surface area contributed by atoms with Crippen molar-refractivity contribution in [2.24, 2.45) is 5.92 Å². The summed E-state index contributed by atoms with van der Waals surface area (Å²) in [7, 11) is 0. The number of hydrogen-bond donors (Lipinski definition) is 3. The number of hydrogen-bond acceptors (Lipinski definition) is 9. The minimum Gasteiger partial charge on any atom is -0.466 e. The summed E-state index contributed by atoms with van der Waals surface area (Å²) >= 11 is 5.90. The number of nitrogens with zero attached hydrogens (tertiary/aromatic N) is 4. The fourth-order valence-electron chi connectivity index (χ4n) is 3.03. The first-order valence-electron chi connectivity index (χ1n) is 9.15. The van der Waals surface area contributed by atoms with Crippen LogP contribution in [0, 0.1) is 5.92 Å². The lowest BCUT2D eigenvalue weighted by atomic mass is 9.98. The molecule has 1 aliphatic heterocycles. The van der Waals surface area contributed by atoms with Crippen molar-refractivity contribution < 1.29 is 14.7 Å². The van der Waals surface area contributed by atoms with Crippen LogP contribution in [0.1, 0.15) is 25.3 Å². The normalized spacial score (nSPS) is 16.5. The van der Waals surface area contributed by atoms with Crippen LogP contribution in [0.25, 0.3) is 0 Å². The Morgan fingerprint density at radius 1 is 1.29 bits per heavy atom. The number of halogens is 1. The van der Waals surface area contributed by atoms with E-state index in [9.17, 15) is 10.0 Å². The second-order valence-electron chi connectivity index (χ2n) is 6.41. The third kappa shape index (κ3) is 5.20. The molecular weight excluding hydrogens is 384 g/mol. The summed E-state index contributed by atoms with van der Waals surface area (Å²) < 4.78 is 5.14. The highest BCUT2D eigenvalue weighted by Gasteiger charge is 2.28. The fourth-order valence-corrected chi connectivity index (χ4v) is 3.16. The molecule has 0 aliphatic carbocycles. The number of aromatic nitrogens is 3. The van der Waals surface area contributed by atoms with Crippen molar-refractivity contribution in [1.82, 2.24) is 15.0 Å². The van der Waals surface area contributed by atoms with Gasteiger partial charge in [-0.25, -0.2) is 5.48 Å². The largest absolute Gasteiger partial charge is 0.466 e. The molecule has 1 atom stereocenters. The van der Waals surface area contributed by atoms with Gasteiger partial charge in [-0.15, -0.1) is 0 Å². The van der Waals surface area contributed by atoms with Gasteiger partial charge in [0, 0.05) is 24.7 Å². The molecule has 1 saturated heterocycles. The van der Waals surface area contributed by atoms with Gasteiger partial charge in [-0.05, 0) is 37.5 Å². The van der Waals surface area contributed by atoms with E-state index in [0.717, 1.165) is 18.4 Å². The van der Waals surface area contributed by atoms with Crippen molar-refractivity contribution in [2.45, 2.75) is 26.3 Å². The van der Waals surface area contributed by atoms with Crippen LogP contribution in [0.2, 0.25) is 5.02 Å². The van der Waals surface area contributed by atoms with Crippen LogP contribution in [-0.2, 0) is 16.1 Å². The maximum atomic E-state index is 12.1. The van der Waals surface area contributed by atoms with Crippen molar-refractivity contribution in [1.29, 1.82) is 0 Å². The summed E-state index contributed by atoms with van der Waals surface area (Å²) in [4.78, 5) is 26.8. The smallest absolute Gasteiger partial charge is 0.310 e. The summed E-state index contributed by atoms with van der Waals surface area (Å²) in [6.07, 6.45) is 1.60. The number of rotatable bonds is 7. The van der Waals surface area contributed by atoms with E-state index in [-0.39, 0.29) is 17.8 Å². The number of ether oxygens (including phenoxy) is 1. The molecule has 0 saturated carbocycles. The lowest BCUT2D eigenvalue weighted by Crippen LogP contribution is -2.40. The van der Waals surface area contributed by atoms with Gasteiger partial charge in [0.05, 0.1) is 12.5 Å².